The monoisotopic (exact) mass is 355 g/mol. The van der Waals surface area contributed by atoms with E-state index < -0.39 is 0 Å². The van der Waals surface area contributed by atoms with Gasteiger partial charge in [0.1, 0.15) is 11.9 Å². The summed E-state index contributed by atoms with van der Waals surface area (Å²) >= 11 is 5.13. The Hall–Kier alpha value is -0.880. The highest BCUT2D eigenvalue weighted by molar-refractivity contribution is 9.11. The van der Waals surface area contributed by atoms with Crippen molar-refractivity contribution in [3.8, 4) is 5.75 Å². The molecule has 108 valence electrons. The molecule has 0 aliphatic carbocycles. The third kappa shape index (κ3) is 4.06. The van der Waals surface area contributed by atoms with Crippen LogP contribution in [-0.4, -0.2) is 13.2 Å². The molecular weight excluding hydrogens is 338 g/mol. The van der Waals surface area contributed by atoms with Gasteiger partial charge in [-0.15, -0.1) is 11.3 Å². The van der Waals surface area contributed by atoms with E-state index in [1.165, 1.54) is 0 Å². The standard InChI is InChI=1S/C15H18BrNO2S/c1-10(17)15(13-7-8-14(16)20-13)19-9-11-3-5-12(18-2)6-4-11/h3-8,10,15H,9,17H2,1-2H3. The SMILES string of the molecule is COc1ccc(COC(c2ccc(Br)s2)C(C)N)cc1. The predicted octanol–water partition coefficient (Wildman–Crippen LogP) is 4.12. The third-order valence-electron chi connectivity index (χ3n) is 2.94. The second kappa shape index (κ2) is 7.22. The molecule has 1 heterocycles. The third-order valence-corrected chi connectivity index (χ3v) is 4.63. The van der Waals surface area contributed by atoms with Crippen molar-refractivity contribution in [1.29, 1.82) is 0 Å². The summed E-state index contributed by atoms with van der Waals surface area (Å²) < 4.78 is 12.2. The molecule has 0 radical (unpaired) electrons. The van der Waals surface area contributed by atoms with Gasteiger partial charge in [0.25, 0.3) is 0 Å². The highest BCUT2D eigenvalue weighted by atomic mass is 79.9. The van der Waals surface area contributed by atoms with E-state index in [1.54, 1.807) is 18.4 Å². The normalized spacial score (nSPS) is 14.0. The van der Waals surface area contributed by atoms with Crippen LogP contribution in [-0.2, 0) is 11.3 Å². The van der Waals surface area contributed by atoms with Gasteiger partial charge in [-0.3, -0.25) is 0 Å². The number of ether oxygens (including phenoxy) is 2. The average molecular weight is 356 g/mol. The van der Waals surface area contributed by atoms with Gasteiger partial charge in [-0.1, -0.05) is 12.1 Å². The maximum absolute atomic E-state index is 6.03. The highest BCUT2D eigenvalue weighted by Gasteiger charge is 2.19. The van der Waals surface area contributed by atoms with Crippen LogP contribution in [0.15, 0.2) is 40.2 Å². The van der Waals surface area contributed by atoms with Gasteiger partial charge in [0, 0.05) is 10.9 Å². The molecule has 2 rings (SSSR count). The first-order valence-corrected chi connectivity index (χ1v) is 7.96. The van der Waals surface area contributed by atoms with Crippen LogP contribution in [0.3, 0.4) is 0 Å². The van der Waals surface area contributed by atoms with Gasteiger partial charge < -0.3 is 15.2 Å². The van der Waals surface area contributed by atoms with E-state index >= 15 is 0 Å². The Bertz CT molecular complexity index is 539. The van der Waals surface area contributed by atoms with Crippen molar-refractivity contribution < 1.29 is 9.47 Å². The number of rotatable bonds is 6. The van der Waals surface area contributed by atoms with Crippen molar-refractivity contribution in [3.63, 3.8) is 0 Å². The molecule has 0 saturated heterocycles. The van der Waals surface area contributed by atoms with Crippen LogP contribution in [0.25, 0.3) is 0 Å². The molecule has 0 bridgehead atoms. The minimum absolute atomic E-state index is 0.0567. The number of nitrogens with two attached hydrogens (primary N) is 1. The lowest BCUT2D eigenvalue weighted by atomic mass is 10.1. The summed E-state index contributed by atoms with van der Waals surface area (Å²) in [5, 5.41) is 0. The minimum atomic E-state index is -0.0894. The van der Waals surface area contributed by atoms with E-state index in [9.17, 15) is 0 Å². The number of thiophene rings is 1. The molecule has 2 N–H and O–H groups in total. The van der Waals surface area contributed by atoms with Gasteiger partial charge in [0.05, 0.1) is 17.5 Å². The number of benzene rings is 1. The van der Waals surface area contributed by atoms with Crippen LogP contribution in [0.1, 0.15) is 23.5 Å². The van der Waals surface area contributed by atoms with Crippen LogP contribution in [0, 0.1) is 0 Å². The van der Waals surface area contributed by atoms with E-state index in [0.717, 1.165) is 20.0 Å². The Kier molecular flexibility index (Phi) is 5.60. The van der Waals surface area contributed by atoms with Gasteiger partial charge in [0.2, 0.25) is 0 Å². The lowest BCUT2D eigenvalue weighted by molar-refractivity contribution is 0.0282. The van der Waals surface area contributed by atoms with Crippen molar-refractivity contribution in [1.82, 2.24) is 0 Å². The van der Waals surface area contributed by atoms with Crippen LogP contribution in [0.5, 0.6) is 5.75 Å². The molecule has 0 amide bonds. The summed E-state index contributed by atoms with van der Waals surface area (Å²) in [7, 11) is 1.66. The Morgan fingerprint density at radius 3 is 2.40 bits per heavy atom. The van der Waals surface area contributed by atoms with Crippen LogP contribution >= 0.6 is 27.3 Å². The molecular formula is C15H18BrNO2S. The molecule has 0 spiro atoms. The summed E-state index contributed by atoms with van der Waals surface area (Å²) in [5.74, 6) is 0.847. The van der Waals surface area contributed by atoms with Gasteiger partial charge in [0.15, 0.2) is 0 Å². The van der Waals surface area contributed by atoms with Crippen molar-refractivity contribution in [2.75, 3.05) is 7.11 Å². The fraction of sp³-hybridized carbons (Fsp3) is 0.333. The summed E-state index contributed by atoms with van der Waals surface area (Å²) in [4.78, 5) is 1.14. The predicted molar refractivity (Wildman–Crippen MR) is 86.2 cm³/mol. The Morgan fingerprint density at radius 2 is 1.90 bits per heavy atom. The van der Waals surface area contributed by atoms with Crippen LogP contribution < -0.4 is 10.5 Å². The summed E-state index contributed by atoms with van der Waals surface area (Å²) in [6.45, 7) is 2.50. The second-order valence-corrected chi connectivity index (χ2v) is 7.08. The van der Waals surface area contributed by atoms with Gasteiger partial charge >= 0.3 is 0 Å². The molecule has 2 unspecified atom stereocenters. The first-order valence-electron chi connectivity index (χ1n) is 6.35. The topological polar surface area (TPSA) is 44.5 Å². The van der Waals surface area contributed by atoms with E-state index in [2.05, 4.69) is 22.0 Å². The second-order valence-electron chi connectivity index (χ2n) is 4.58. The van der Waals surface area contributed by atoms with E-state index in [1.807, 2.05) is 37.3 Å². The van der Waals surface area contributed by atoms with Crippen LogP contribution in [0.4, 0.5) is 0 Å². The van der Waals surface area contributed by atoms with E-state index in [4.69, 9.17) is 15.2 Å². The fourth-order valence-electron chi connectivity index (χ4n) is 1.88. The molecule has 5 heteroatoms. The first kappa shape index (κ1) is 15.5. The minimum Gasteiger partial charge on any atom is -0.497 e. The lowest BCUT2D eigenvalue weighted by Crippen LogP contribution is -2.26. The lowest BCUT2D eigenvalue weighted by Gasteiger charge is -2.20. The summed E-state index contributed by atoms with van der Waals surface area (Å²) in [6, 6.07) is 11.9. The van der Waals surface area contributed by atoms with Crippen LogP contribution in [0.2, 0.25) is 0 Å². The first-order chi connectivity index (χ1) is 9.60. The van der Waals surface area contributed by atoms with Crippen molar-refractivity contribution in [3.05, 3.63) is 50.6 Å². The van der Waals surface area contributed by atoms with Gasteiger partial charge in [-0.05, 0) is 52.7 Å². The highest BCUT2D eigenvalue weighted by Crippen LogP contribution is 2.31. The van der Waals surface area contributed by atoms with E-state index in [-0.39, 0.29) is 12.1 Å². The largest absolute Gasteiger partial charge is 0.497 e. The molecule has 0 fully saturated rings. The Balaban J connectivity index is 2.01. The number of methoxy groups -OCH3 is 1. The van der Waals surface area contributed by atoms with Gasteiger partial charge in [-0.25, -0.2) is 0 Å². The Morgan fingerprint density at radius 1 is 1.20 bits per heavy atom. The maximum Gasteiger partial charge on any atom is 0.118 e. The zero-order valence-corrected chi connectivity index (χ0v) is 13.9. The Labute approximate surface area is 131 Å². The molecule has 0 saturated carbocycles. The molecule has 1 aromatic carbocycles. The van der Waals surface area contributed by atoms with Gasteiger partial charge in [-0.2, -0.15) is 0 Å². The van der Waals surface area contributed by atoms with Crippen molar-refractivity contribution in [2.45, 2.75) is 25.7 Å². The number of hydrogen-bond donors (Lipinski definition) is 1. The maximum atomic E-state index is 6.03. The molecule has 3 nitrogen and oxygen atoms in total. The smallest absolute Gasteiger partial charge is 0.118 e. The molecule has 1 aromatic heterocycles. The molecule has 2 atom stereocenters. The summed E-state index contributed by atoms with van der Waals surface area (Å²) in [5.41, 5.74) is 7.14. The fourth-order valence-corrected chi connectivity index (χ4v) is 3.47. The molecule has 0 aliphatic rings. The zero-order valence-electron chi connectivity index (χ0n) is 11.5. The quantitative estimate of drug-likeness (QED) is 0.847. The van der Waals surface area contributed by atoms with Crippen molar-refractivity contribution >= 4 is 27.3 Å². The molecule has 2 aromatic rings. The number of hydrogen-bond acceptors (Lipinski definition) is 4. The zero-order chi connectivity index (χ0) is 14.5. The summed E-state index contributed by atoms with van der Waals surface area (Å²) in [6.07, 6.45) is -0.0894. The van der Waals surface area contributed by atoms with Crippen molar-refractivity contribution in [2.24, 2.45) is 5.73 Å². The van der Waals surface area contributed by atoms with E-state index in [0.29, 0.717) is 6.61 Å². The molecule has 20 heavy (non-hydrogen) atoms. The average Bonchev–Trinajstić information content (AvgIpc) is 2.86. The molecule has 0 aliphatic heterocycles. The number of halogens is 1.